The van der Waals surface area contributed by atoms with Crippen molar-refractivity contribution in [3.63, 3.8) is 0 Å². The van der Waals surface area contributed by atoms with Crippen LogP contribution < -0.4 is 0 Å². The highest BCUT2D eigenvalue weighted by Crippen LogP contribution is 2.52. The molecule has 0 unspecified atom stereocenters. The fourth-order valence-electron chi connectivity index (χ4n) is 4.38. The van der Waals surface area contributed by atoms with Crippen LogP contribution in [-0.2, 0) is 10.9 Å². The standard InChI is InChI=1S/C21H28F3NO2/c1-19(2,3)27-18(26)25-12-10-20(11-13-25)9-8-16(14-20)15-4-6-17(7-5-15)21(22,23)24/h4-7,16H,8-14H2,1-3H3/t16-/m1/s1. The van der Waals surface area contributed by atoms with E-state index in [2.05, 4.69) is 0 Å². The maximum absolute atomic E-state index is 12.7. The van der Waals surface area contributed by atoms with Gasteiger partial charge < -0.3 is 9.64 Å². The Balaban J connectivity index is 1.58. The Labute approximate surface area is 158 Å². The molecule has 1 spiro atoms. The van der Waals surface area contributed by atoms with Crippen molar-refractivity contribution in [3.8, 4) is 0 Å². The van der Waals surface area contributed by atoms with Gasteiger partial charge in [-0.15, -0.1) is 0 Å². The fraction of sp³-hybridized carbons (Fsp3) is 0.667. The Morgan fingerprint density at radius 2 is 1.67 bits per heavy atom. The molecular formula is C21H28F3NO2. The predicted octanol–water partition coefficient (Wildman–Crippen LogP) is 5.99. The van der Waals surface area contributed by atoms with Crippen molar-refractivity contribution in [2.24, 2.45) is 5.41 Å². The molecule has 1 atom stereocenters. The number of carbonyl (C=O) groups excluding carboxylic acids is 1. The van der Waals surface area contributed by atoms with Crippen LogP contribution in [0.4, 0.5) is 18.0 Å². The zero-order chi connectivity index (χ0) is 19.9. The molecule has 0 aromatic heterocycles. The van der Waals surface area contributed by atoms with E-state index in [1.54, 1.807) is 17.0 Å². The summed E-state index contributed by atoms with van der Waals surface area (Å²) in [6, 6.07) is 5.63. The molecule has 3 nitrogen and oxygen atoms in total. The van der Waals surface area contributed by atoms with Crippen LogP contribution in [0.15, 0.2) is 24.3 Å². The van der Waals surface area contributed by atoms with Crippen LogP contribution in [-0.4, -0.2) is 29.7 Å². The van der Waals surface area contributed by atoms with E-state index in [0.29, 0.717) is 19.0 Å². The van der Waals surface area contributed by atoms with Crippen LogP contribution in [0.3, 0.4) is 0 Å². The van der Waals surface area contributed by atoms with Gasteiger partial charge in [-0.2, -0.15) is 13.2 Å². The summed E-state index contributed by atoms with van der Waals surface area (Å²) < 4.78 is 43.7. The number of alkyl halides is 3. The molecule has 6 heteroatoms. The molecular weight excluding hydrogens is 355 g/mol. The lowest BCUT2D eigenvalue weighted by atomic mass is 9.76. The summed E-state index contributed by atoms with van der Waals surface area (Å²) in [4.78, 5) is 14.0. The van der Waals surface area contributed by atoms with Crippen molar-refractivity contribution in [3.05, 3.63) is 35.4 Å². The molecule has 2 fully saturated rings. The monoisotopic (exact) mass is 383 g/mol. The van der Waals surface area contributed by atoms with Gasteiger partial charge in [-0.25, -0.2) is 4.79 Å². The lowest BCUT2D eigenvalue weighted by molar-refractivity contribution is -0.137. The Morgan fingerprint density at radius 3 is 2.19 bits per heavy atom. The van der Waals surface area contributed by atoms with E-state index < -0.39 is 17.3 Å². The second-order valence-corrected chi connectivity index (χ2v) is 9.03. The van der Waals surface area contributed by atoms with E-state index in [0.717, 1.165) is 37.7 Å². The van der Waals surface area contributed by atoms with Crippen LogP contribution in [0, 0.1) is 5.41 Å². The van der Waals surface area contributed by atoms with Gasteiger partial charge in [0.15, 0.2) is 0 Å². The highest BCUT2D eigenvalue weighted by Gasteiger charge is 2.43. The number of nitrogens with zero attached hydrogens (tertiary/aromatic N) is 1. The first kappa shape index (κ1) is 20.0. The number of benzene rings is 1. The van der Waals surface area contributed by atoms with Crippen LogP contribution in [0.5, 0.6) is 0 Å². The summed E-state index contributed by atoms with van der Waals surface area (Å²) in [5.41, 5.74) is 0.109. The summed E-state index contributed by atoms with van der Waals surface area (Å²) in [6.45, 7) is 6.97. The molecule has 1 aromatic carbocycles. The average Bonchev–Trinajstić information content (AvgIpc) is 2.97. The average molecular weight is 383 g/mol. The van der Waals surface area contributed by atoms with Gasteiger partial charge in [0.1, 0.15) is 5.60 Å². The van der Waals surface area contributed by atoms with E-state index >= 15 is 0 Å². The van der Waals surface area contributed by atoms with Crippen molar-refractivity contribution < 1.29 is 22.7 Å². The predicted molar refractivity (Wildman–Crippen MR) is 97.5 cm³/mol. The van der Waals surface area contributed by atoms with Gasteiger partial charge in [-0.05, 0) is 81.9 Å². The molecule has 2 aliphatic rings. The summed E-state index contributed by atoms with van der Waals surface area (Å²) in [5, 5.41) is 0. The Bertz CT molecular complexity index is 668. The second kappa shape index (κ2) is 7.02. The largest absolute Gasteiger partial charge is 0.444 e. The number of halogens is 3. The normalized spacial score (nSPS) is 22.9. The molecule has 1 saturated carbocycles. The Kier molecular flexibility index (Phi) is 5.21. The minimum absolute atomic E-state index is 0.200. The summed E-state index contributed by atoms with van der Waals surface area (Å²) in [7, 11) is 0. The number of rotatable bonds is 1. The van der Waals surface area contributed by atoms with E-state index in [-0.39, 0.29) is 11.5 Å². The number of carbonyl (C=O) groups is 1. The van der Waals surface area contributed by atoms with Gasteiger partial charge in [-0.3, -0.25) is 0 Å². The first-order chi connectivity index (χ1) is 12.5. The minimum Gasteiger partial charge on any atom is -0.444 e. The van der Waals surface area contributed by atoms with E-state index in [1.165, 1.54) is 12.1 Å². The van der Waals surface area contributed by atoms with Gasteiger partial charge in [0.25, 0.3) is 0 Å². The molecule has 1 saturated heterocycles. The van der Waals surface area contributed by atoms with Crippen LogP contribution in [0.1, 0.15) is 69.9 Å². The summed E-state index contributed by atoms with van der Waals surface area (Å²) in [5.74, 6) is 0.306. The Hall–Kier alpha value is -1.72. The van der Waals surface area contributed by atoms with Gasteiger partial charge in [0, 0.05) is 13.1 Å². The topological polar surface area (TPSA) is 29.5 Å². The molecule has 0 N–H and O–H groups in total. The third-order valence-electron chi connectivity index (χ3n) is 5.89. The summed E-state index contributed by atoms with van der Waals surface area (Å²) >= 11 is 0. The van der Waals surface area contributed by atoms with Gasteiger partial charge >= 0.3 is 12.3 Å². The fourth-order valence-corrected chi connectivity index (χ4v) is 4.38. The van der Waals surface area contributed by atoms with Gasteiger partial charge in [0.2, 0.25) is 0 Å². The van der Waals surface area contributed by atoms with Crippen molar-refractivity contribution in [2.45, 2.75) is 70.6 Å². The highest BCUT2D eigenvalue weighted by molar-refractivity contribution is 5.68. The molecule has 1 amide bonds. The molecule has 1 heterocycles. The number of likely N-dealkylation sites (tertiary alicyclic amines) is 1. The molecule has 27 heavy (non-hydrogen) atoms. The third kappa shape index (κ3) is 4.77. The number of hydrogen-bond donors (Lipinski definition) is 0. The molecule has 0 bridgehead atoms. The SMILES string of the molecule is CC(C)(C)OC(=O)N1CCC2(CC[C@@H](c3ccc(C(F)(F)F)cc3)C2)CC1. The van der Waals surface area contributed by atoms with Gasteiger partial charge in [-0.1, -0.05) is 12.1 Å². The van der Waals surface area contributed by atoms with E-state index in [4.69, 9.17) is 4.74 Å². The van der Waals surface area contributed by atoms with E-state index in [1.807, 2.05) is 20.8 Å². The van der Waals surface area contributed by atoms with Crippen molar-refractivity contribution in [1.82, 2.24) is 4.90 Å². The maximum Gasteiger partial charge on any atom is 0.416 e. The molecule has 0 radical (unpaired) electrons. The molecule has 1 aliphatic heterocycles. The van der Waals surface area contributed by atoms with Crippen LogP contribution >= 0.6 is 0 Å². The highest BCUT2D eigenvalue weighted by atomic mass is 19.4. The third-order valence-corrected chi connectivity index (χ3v) is 5.89. The molecule has 1 aromatic rings. The first-order valence-electron chi connectivity index (χ1n) is 9.63. The molecule has 3 rings (SSSR count). The van der Waals surface area contributed by atoms with Crippen LogP contribution in [0.2, 0.25) is 0 Å². The maximum atomic E-state index is 12.7. The van der Waals surface area contributed by atoms with Crippen molar-refractivity contribution in [1.29, 1.82) is 0 Å². The lowest BCUT2D eigenvalue weighted by Crippen LogP contribution is -2.44. The number of ether oxygens (including phenoxy) is 1. The quantitative estimate of drug-likeness (QED) is 0.596. The Morgan fingerprint density at radius 1 is 1.07 bits per heavy atom. The first-order valence-corrected chi connectivity index (χ1v) is 9.63. The second-order valence-electron chi connectivity index (χ2n) is 9.03. The van der Waals surface area contributed by atoms with Gasteiger partial charge in [0.05, 0.1) is 5.56 Å². The van der Waals surface area contributed by atoms with Crippen LogP contribution in [0.25, 0.3) is 0 Å². The number of piperidine rings is 1. The summed E-state index contributed by atoms with van der Waals surface area (Å²) in [6.07, 6.45) is 0.380. The lowest BCUT2D eigenvalue weighted by Gasteiger charge is -2.40. The molecule has 150 valence electrons. The zero-order valence-electron chi connectivity index (χ0n) is 16.2. The minimum atomic E-state index is -4.29. The smallest absolute Gasteiger partial charge is 0.416 e. The molecule has 1 aliphatic carbocycles. The number of amides is 1. The van der Waals surface area contributed by atoms with E-state index in [9.17, 15) is 18.0 Å². The van der Waals surface area contributed by atoms with Crippen molar-refractivity contribution in [2.75, 3.05) is 13.1 Å². The number of hydrogen-bond acceptors (Lipinski definition) is 2. The zero-order valence-corrected chi connectivity index (χ0v) is 16.2. The van der Waals surface area contributed by atoms with Crippen molar-refractivity contribution >= 4 is 6.09 Å².